The second-order valence-electron chi connectivity index (χ2n) is 5.98. The molecule has 0 bridgehead atoms. The lowest BCUT2D eigenvalue weighted by molar-refractivity contribution is 0.0998. The molecular formula is C21H17NOS. The smallest absolute Gasteiger partial charge is 0.262 e. The number of anilines is 2. The van der Waals surface area contributed by atoms with Gasteiger partial charge in [0.05, 0.1) is 11.4 Å². The second-order valence-corrected chi connectivity index (χ2v) is 7.06. The highest BCUT2D eigenvalue weighted by Gasteiger charge is 2.28. The van der Waals surface area contributed by atoms with Crippen molar-refractivity contribution in [1.82, 2.24) is 0 Å². The first kappa shape index (κ1) is 15.0. The van der Waals surface area contributed by atoms with Crippen LogP contribution < -0.4 is 4.90 Å². The van der Waals surface area contributed by atoms with E-state index in [0.29, 0.717) is 0 Å². The molecule has 3 heteroatoms. The molecule has 0 fully saturated rings. The van der Waals surface area contributed by atoms with E-state index in [0.717, 1.165) is 32.3 Å². The van der Waals surface area contributed by atoms with Gasteiger partial charge in [0.1, 0.15) is 0 Å². The molecule has 1 aliphatic heterocycles. The second kappa shape index (κ2) is 5.84. The molecule has 0 spiro atoms. The Morgan fingerprint density at radius 3 is 1.96 bits per heavy atom. The van der Waals surface area contributed by atoms with Crippen molar-refractivity contribution in [2.24, 2.45) is 0 Å². The maximum atomic E-state index is 13.3. The minimum absolute atomic E-state index is 0.0123. The van der Waals surface area contributed by atoms with Crippen LogP contribution in [0, 0.1) is 13.8 Å². The van der Waals surface area contributed by atoms with E-state index in [1.54, 1.807) is 11.8 Å². The number of hydrogen-bond acceptors (Lipinski definition) is 2. The van der Waals surface area contributed by atoms with E-state index < -0.39 is 0 Å². The van der Waals surface area contributed by atoms with E-state index in [4.69, 9.17) is 0 Å². The van der Waals surface area contributed by atoms with Crippen LogP contribution in [0.2, 0.25) is 0 Å². The van der Waals surface area contributed by atoms with Crippen molar-refractivity contribution in [2.75, 3.05) is 4.90 Å². The van der Waals surface area contributed by atoms with Crippen LogP contribution in [0.25, 0.3) is 0 Å². The highest BCUT2D eigenvalue weighted by molar-refractivity contribution is 7.99. The number of amides is 1. The van der Waals surface area contributed by atoms with Crippen LogP contribution in [0.1, 0.15) is 21.5 Å². The van der Waals surface area contributed by atoms with Gasteiger partial charge in [-0.05, 0) is 61.4 Å². The van der Waals surface area contributed by atoms with Crippen molar-refractivity contribution in [3.05, 3.63) is 83.4 Å². The number of aryl methyl sites for hydroxylation is 2. The van der Waals surface area contributed by atoms with E-state index in [-0.39, 0.29) is 5.91 Å². The Hall–Kier alpha value is -2.52. The number of hydrogen-bond donors (Lipinski definition) is 0. The Balaban J connectivity index is 1.88. The molecule has 24 heavy (non-hydrogen) atoms. The van der Waals surface area contributed by atoms with Crippen LogP contribution in [-0.4, -0.2) is 5.91 Å². The Morgan fingerprint density at radius 1 is 0.792 bits per heavy atom. The molecule has 0 aliphatic carbocycles. The van der Waals surface area contributed by atoms with Gasteiger partial charge in [0.2, 0.25) is 0 Å². The van der Waals surface area contributed by atoms with Crippen LogP contribution in [0.3, 0.4) is 0 Å². The summed E-state index contributed by atoms with van der Waals surface area (Å²) in [5.41, 5.74) is 4.94. The number of rotatable bonds is 1. The van der Waals surface area contributed by atoms with Gasteiger partial charge in [-0.25, -0.2) is 0 Å². The molecule has 0 aromatic heterocycles. The van der Waals surface area contributed by atoms with Crippen LogP contribution in [0.15, 0.2) is 76.5 Å². The van der Waals surface area contributed by atoms with Crippen molar-refractivity contribution in [3.8, 4) is 0 Å². The molecule has 1 amide bonds. The summed E-state index contributed by atoms with van der Waals surface area (Å²) < 4.78 is 0. The molecule has 2 nitrogen and oxygen atoms in total. The van der Waals surface area contributed by atoms with Crippen molar-refractivity contribution in [1.29, 1.82) is 0 Å². The largest absolute Gasteiger partial charge is 0.275 e. The van der Waals surface area contributed by atoms with Crippen LogP contribution >= 0.6 is 11.8 Å². The summed E-state index contributed by atoms with van der Waals surface area (Å²) >= 11 is 1.71. The van der Waals surface area contributed by atoms with Gasteiger partial charge < -0.3 is 0 Å². The summed E-state index contributed by atoms with van der Waals surface area (Å²) in [5, 5.41) is 0. The molecule has 4 rings (SSSR count). The highest BCUT2D eigenvalue weighted by Crippen LogP contribution is 2.48. The molecule has 118 valence electrons. The minimum atomic E-state index is 0.0123. The van der Waals surface area contributed by atoms with Gasteiger partial charge in [0.25, 0.3) is 5.91 Å². The van der Waals surface area contributed by atoms with Gasteiger partial charge >= 0.3 is 0 Å². The lowest BCUT2D eigenvalue weighted by Crippen LogP contribution is -2.28. The fraction of sp³-hybridized carbons (Fsp3) is 0.0952. The van der Waals surface area contributed by atoms with Gasteiger partial charge in [0, 0.05) is 15.4 Å². The van der Waals surface area contributed by atoms with Crippen LogP contribution in [0.5, 0.6) is 0 Å². The zero-order chi connectivity index (χ0) is 16.7. The third-order valence-electron chi connectivity index (χ3n) is 4.39. The number of carbonyl (C=O) groups is 1. The lowest BCUT2D eigenvalue weighted by Gasteiger charge is -2.31. The molecule has 3 aromatic rings. The molecule has 3 aromatic carbocycles. The number of fused-ring (bicyclic) bond motifs is 2. The minimum Gasteiger partial charge on any atom is -0.275 e. The zero-order valence-corrected chi connectivity index (χ0v) is 14.4. The summed E-state index contributed by atoms with van der Waals surface area (Å²) in [4.78, 5) is 17.4. The summed E-state index contributed by atoms with van der Waals surface area (Å²) in [5.74, 6) is 0.0123. The van der Waals surface area contributed by atoms with E-state index in [1.165, 1.54) is 5.56 Å². The van der Waals surface area contributed by atoms with Crippen LogP contribution in [-0.2, 0) is 0 Å². The monoisotopic (exact) mass is 331 g/mol. The predicted octanol–water partition coefficient (Wildman–Crippen LogP) is 5.75. The van der Waals surface area contributed by atoms with E-state index in [2.05, 4.69) is 19.1 Å². The summed E-state index contributed by atoms with van der Waals surface area (Å²) in [7, 11) is 0. The fourth-order valence-electron chi connectivity index (χ4n) is 2.93. The van der Waals surface area contributed by atoms with Crippen molar-refractivity contribution < 1.29 is 4.79 Å². The summed E-state index contributed by atoms with van der Waals surface area (Å²) in [6.07, 6.45) is 0. The Labute approximate surface area is 146 Å². The van der Waals surface area contributed by atoms with Gasteiger partial charge in [0.15, 0.2) is 0 Å². The number of carbonyl (C=O) groups excluding carboxylic acids is 1. The van der Waals surface area contributed by atoms with Crippen molar-refractivity contribution in [2.45, 2.75) is 23.6 Å². The highest BCUT2D eigenvalue weighted by atomic mass is 32.2. The number of para-hydroxylation sites is 2. The normalized spacial score (nSPS) is 12.5. The Kier molecular flexibility index (Phi) is 3.66. The Morgan fingerprint density at radius 2 is 1.38 bits per heavy atom. The standard InChI is InChI=1S/C21H17NOS/c1-14-11-12-16(13-15(14)2)21(23)22-17-7-3-5-9-19(17)24-20-10-6-4-8-18(20)22/h3-13H,1-2H3. The van der Waals surface area contributed by atoms with E-state index in [1.807, 2.05) is 66.4 Å². The molecule has 1 heterocycles. The Bertz CT molecular complexity index is 903. The maximum absolute atomic E-state index is 13.3. The molecule has 0 saturated heterocycles. The average molecular weight is 331 g/mol. The van der Waals surface area contributed by atoms with Gasteiger partial charge in [-0.15, -0.1) is 0 Å². The molecular weight excluding hydrogens is 314 g/mol. The first-order chi connectivity index (χ1) is 11.6. The molecule has 0 atom stereocenters. The first-order valence-corrected chi connectivity index (χ1v) is 8.74. The van der Waals surface area contributed by atoms with Crippen molar-refractivity contribution >= 4 is 29.0 Å². The average Bonchev–Trinajstić information content (AvgIpc) is 2.61. The molecule has 0 saturated carbocycles. The topological polar surface area (TPSA) is 20.3 Å². The van der Waals surface area contributed by atoms with E-state index in [9.17, 15) is 4.79 Å². The third kappa shape index (κ3) is 2.42. The van der Waals surface area contributed by atoms with Crippen molar-refractivity contribution in [3.63, 3.8) is 0 Å². The summed E-state index contributed by atoms with van der Waals surface area (Å²) in [6, 6.07) is 22.0. The molecule has 1 aliphatic rings. The first-order valence-electron chi connectivity index (χ1n) is 7.93. The molecule has 0 N–H and O–H groups in total. The molecule has 0 unspecified atom stereocenters. The lowest BCUT2D eigenvalue weighted by atomic mass is 10.0. The van der Waals surface area contributed by atoms with Gasteiger partial charge in [-0.2, -0.15) is 0 Å². The quantitative estimate of drug-likeness (QED) is 0.566. The zero-order valence-electron chi connectivity index (χ0n) is 13.6. The third-order valence-corrected chi connectivity index (χ3v) is 5.52. The maximum Gasteiger partial charge on any atom is 0.262 e. The summed E-state index contributed by atoms with van der Waals surface area (Å²) in [6.45, 7) is 4.10. The van der Waals surface area contributed by atoms with Gasteiger partial charge in [-0.3, -0.25) is 9.69 Å². The predicted molar refractivity (Wildman–Crippen MR) is 99.4 cm³/mol. The van der Waals surface area contributed by atoms with E-state index >= 15 is 0 Å². The van der Waals surface area contributed by atoms with Crippen LogP contribution in [0.4, 0.5) is 11.4 Å². The SMILES string of the molecule is Cc1ccc(C(=O)N2c3ccccc3Sc3ccccc32)cc1C. The number of benzene rings is 3. The number of nitrogens with zero attached hydrogens (tertiary/aromatic N) is 1. The molecule has 0 radical (unpaired) electrons. The fourth-order valence-corrected chi connectivity index (χ4v) is 3.98. The van der Waals surface area contributed by atoms with Gasteiger partial charge in [-0.1, -0.05) is 42.1 Å².